The van der Waals surface area contributed by atoms with Crippen LogP contribution in [0.4, 0.5) is 0 Å². The standard InChI is InChI=1S/C10H16N4O2/c1-7-9-12-13-10(14(9)3-2-11-7)8-6-15-4-5-16-8/h7-8,11H,2-6H2,1H3. The zero-order valence-electron chi connectivity index (χ0n) is 9.35. The van der Waals surface area contributed by atoms with Crippen LogP contribution in [0.25, 0.3) is 0 Å². The number of aromatic nitrogens is 3. The van der Waals surface area contributed by atoms with Gasteiger partial charge in [0.05, 0.1) is 25.9 Å². The highest BCUT2D eigenvalue weighted by molar-refractivity contribution is 5.06. The van der Waals surface area contributed by atoms with Crippen molar-refractivity contribution in [2.45, 2.75) is 25.6 Å². The number of ether oxygens (including phenoxy) is 2. The van der Waals surface area contributed by atoms with Crippen molar-refractivity contribution in [2.75, 3.05) is 26.4 Å². The first-order valence-corrected chi connectivity index (χ1v) is 5.72. The molecule has 0 bridgehead atoms. The highest BCUT2D eigenvalue weighted by Crippen LogP contribution is 2.23. The van der Waals surface area contributed by atoms with Crippen molar-refractivity contribution in [1.29, 1.82) is 0 Å². The number of fused-ring (bicyclic) bond motifs is 1. The highest BCUT2D eigenvalue weighted by Gasteiger charge is 2.27. The van der Waals surface area contributed by atoms with Gasteiger partial charge in [0.15, 0.2) is 5.82 Å². The van der Waals surface area contributed by atoms with Crippen molar-refractivity contribution in [3.05, 3.63) is 11.6 Å². The van der Waals surface area contributed by atoms with Crippen molar-refractivity contribution >= 4 is 0 Å². The molecule has 1 fully saturated rings. The predicted octanol–water partition coefficient (Wildman–Crippen LogP) is 0.0302. The molecule has 2 atom stereocenters. The Morgan fingerprint density at radius 3 is 3.00 bits per heavy atom. The minimum atomic E-state index is -0.0553. The molecule has 0 spiro atoms. The SMILES string of the molecule is CC1NCCn2c1nnc2C1COCCO1. The van der Waals surface area contributed by atoms with Crippen molar-refractivity contribution in [2.24, 2.45) is 0 Å². The summed E-state index contributed by atoms with van der Waals surface area (Å²) in [5.41, 5.74) is 0. The number of nitrogens with one attached hydrogen (secondary N) is 1. The van der Waals surface area contributed by atoms with Gasteiger partial charge >= 0.3 is 0 Å². The molecule has 0 saturated carbocycles. The van der Waals surface area contributed by atoms with Gasteiger partial charge in [0.2, 0.25) is 0 Å². The molecule has 1 N–H and O–H groups in total. The van der Waals surface area contributed by atoms with E-state index in [4.69, 9.17) is 9.47 Å². The molecule has 0 aromatic carbocycles. The Labute approximate surface area is 93.9 Å². The minimum Gasteiger partial charge on any atom is -0.376 e. The molecule has 1 saturated heterocycles. The Bertz CT molecular complexity index is 373. The molecule has 3 heterocycles. The number of hydrogen-bond acceptors (Lipinski definition) is 5. The summed E-state index contributed by atoms with van der Waals surface area (Å²) in [6, 6.07) is 0.263. The Balaban J connectivity index is 1.89. The van der Waals surface area contributed by atoms with E-state index in [1.54, 1.807) is 0 Å². The van der Waals surface area contributed by atoms with Crippen molar-refractivity contribution in [3.8, 4) is 0 Å². The molecule has 3 rings (SSSR count). The van der Waals surface area contributed by atoms with E-state index >= 15 is 0 Å². The van der Waals surface area contributed by atoms with E-state index in [1.165, 1.54) is 0 Å². The summed E-state index contributed by atoms with van der Waals surface area (Å²) in [4.78, 5) is 0. The molecule has 2 aliphatic heterocycles. The summed E-state index contributed by atoms with van der Waals surface area (Å²) in [5.74, 6) is 1.90. The van der Waals surface area contributed by atoms with Gasteiger partial charge in [-0.1, -0.05) is 0 Å². The molecule has 88 valence electrons. The first kappa shape index (κ1) is 10.2. The van der Waals surface area contributed by atoms with E-state index < -0.39 is 0 Å². The summed E-state index contributed by atoms with van der Waals surface area (Å²) in [6.45, 7) is 5.85. The molecule has 0 aliphatic carbocycles. The predicted molar refractivity (Wildman–Crippen MR) is 56.0 cm³/mol. The molecular formula is C10H16N4O2. The van der Waals surface area contributed by atoms with E-state index in [1.807, 2.05) is 0 Å². The third-order valence-corrected chi connectivity index (χ3v) is 3.09. The van der Waals surface area contributed by atoms with E-state index in [-0.39, 0.29) is 12.1 Å². The van der Waals surface area contributed by atoms with Crippen LogP contribution in [0.1, 0.15) is 30.7 Å². The van der Waals surface area contributed by atoms with Crippen LogP contribution in [0.15, 0.2) is 0 Å². The maximum atomic E-state index is 5.65. The van der Waals surface area contributed by atoms with Gasteiger partial charge in [-0.3, -0.25) is 0 Å². The lowest BCUT2D eigenvalue weighted by Gasteiger charge is -2.26. The first-order valence-electron chi connectivity index (χ1n) is 5.72. The van der Waals surface area contributed by atoms with Crippen LogP contribution in [0.3, 0.4) is 0 Å². The van der Waals surface area contributed by atoms with Crippen LogP contribution in [-0.4, -0.2) is 41.1 Å². The number of nitrogens with zero attached hydrogens (tertiary/aromatic N) is 3. The molecule has 1 aromatic rings. The topological polar surface area (TPSA) is 61.2 Å². The van der Waals surface area contributed by atoms with E-state index in [0.717, 1.165) is 24.7 Å². The average Bonchev–Trinajstić information content (AvgIpc) is 2.75. The summed E-state index contributed by atoms with van der Waals surface area (Å²) in [5, 5.41) is 11.8. The third kappa shape index (κ3) is 1.63. The fourth-order valence-electron chi connectivity index (χ4n) is 2.24. The molecule has 16 heavy (non-hydrogen) atoms. The third-order valence-electron chi connectivity index (χ3n) is 3.09. The van der Waals surface area contributed by atoms with Gasteiger partial charge < -0.3 is 19.4 Å². The van der Waals surface area contributed by atoms with Gasteiger partial charge in [0, 0.05) is 13.1 Å². The second-order valence-corrected chi connectivity index (χ2v) is 4.18. The number of hydrogen-bond donors (Lipinski definition) is 1. The number of rotatable bonds is 1. The highest BCUT2D eigenvalue weighted by atomic mass is 16.6. The lowest BCUT2D eigenvalue weighted by atomic mass is 10.2. The van der Waals surface area contributed by atoms with Crippen molar-refractivity contribution in [3.63, 3.8) is 0 Å². The zero-order valence-corrected chi connectivity index (χ0v) is 9.35. The summed E-state index contributed by atoms with van der Waals surface area (Å²) in [6.07, 6.45) is -0.0553. The van der Waals surface area contributed by atoms with Crippen molar-refractivity contribution < 1.29 is 9.47 Å². The van der Waals surface area contributed by atoms with Crippen LogP contribution in [-0.2, 0) is 16.0 Å². The quantitative estimate of drug-likeness (QED) is 0.729. The molecule has 0 radical (unpaired) electrons. The molecular weight excluding hydrogens is 208 g/mol. The van der Waals surface area contributed by atoms with Crippen LogP contribution in [0.2, 0.25) is 0 Å². The monoisotopic (exact) mass is 224 g/mol. The summed E-state index contributed by atoms with van der Waals surface area (Å²) >= 11 is 0. The van der Waals surface area contributed by atoms with Crippen LogP contribution >= 0.6 is 0 Å². The van der Waals surface area contributed by atoms with Crippen molar-refractivity contribution in [1.82, 2.24) is 20.1 Å². The Morgan fingerprint density at radius 1 is 1.31 bits per heavy atom. The maximum Gasteiger partial charge on any atom is 0.164 e. The molecule has 2 aliphatic rings. The normalized spacial score (nSPS) is 30.1. The van der Waals surface area contributed by atoms with Crippen LogP contribution in [0.5, 0.6) is 0 Å². The van der Waals surface area contributed by atoms with Gasteiger partial charge in [-0.25, -0.2) is 0 Å². The van der Waals surface area contributed by atoms with Gasteiger partial charge in [-0.05, 0) is 6.92 Å². The van der Waals surface area contributed by atoms with Gasteiger partial charge in [0.25, 0.3) is 0 Å². The Kier molecular flexibility index (Phi) is 2.62. The largest absolute Gasteiger partial charge is 0.376 e. The average molecular weight is 224 g/mol. The van der Waals surface area contributed by atoms with Crippen LogP contribution in [0, 0.1) is 0 Å². The minimum absolute atomic E-state index is 0.0553. The second kappa shape index (κ2) is 4.12. The molecule has 6 nitrogen and oxygen atoms in total. The summed E-state index contributed by atoms with van der Waals surface area (Å²) in [7, 11) is 0. The van der Waals surface area contributed by atoms with Crippen LogP contribution < -0.4 is 5.32 Å². The fraction of sp³-hybridized carbons (Fsp3) is 0.800. The molecule has 0 amide bonds. The Hall–Kier alpha value is -0.980. The molecule has 6 heteroatoms. The van der Waals surface area contributed by atoms with E-state index in [0.29, 0.717) is 19.8 Å². The maximum absolute atomic E-state index is 5.65. The lowest BCUT2D eigenvalue weighted by molar-refractivity contribution is -0.0949. The van der Waals surface area contributed by atoms with Gasteiger partial charge in [-0.15, -0.1) is 10.2 Å². The van der Waals surface area contributed by atoms with E-state index in [2.05, 4.69) is 27.0 Å². The molecule has 1 aromatic heterocycles. The summed E-state index contributed by atoms with van der Waals surface area (Å²) < 4.78 is 13.2. The van der Waals surface area contributed by atoms with Gasteiger partial charge in [-0.2, -0.15) is 0 Å². The van der Waals surface area contributed by atoms with Gasteiger partial charge in [0.1, 0.15) is 11.9 Å². The Morgan fingerprint density at radius 2 is 2.19 bits per heavy atom. The lowest BCUT2D eigenvalue weighted by Crippen LogP contribution is -2.34. The smallest absolute Gasteiger partial charge is 0.164 e. The molecule has 2 unspecified atom stereocenters. The second-order valence-electron chi connectivity index (χ2n) is 4.18. The van der Waals surface area contributed by atoms with E-state index in [9.17, 15) is 0 Å². The zero-order chi connectivity index (χ0) is 11.0. The fourth-order valence-corrected chi connectivity index (χ4v) is 2.24. The first-order chi connectivity index (χ1) is 7.86.